The normalized spacial score (nSPS) is 13.3. The summed E-state index contributed by atoms with van der Waals surface area (Å²) in [5, 5.41) is 14.5. The first-order valence-electron chi connectivity index (χ1n) is 7.53. The Morgan fingerprint density at radius 3 is 2.61 bits per heavy atom. The fraction of sp³-hybridized carbons (Fsp3) is 0.353. The van der Waals surface area contributed by atoms with Crippen LogP contribution in [0.25, 0.3) is 10.6 Å². The highest BCUT2D eigenvalue weighted by atomic mass is 32.1. The van der Waals surface area contributed by atoms with Gasteiger partial charge in [0.25, 0.3) is 0 Å². The number of carboxylic acid groups (broad SMARTS) is 1. The third kappa shape index (κ3) is 4.63. The number of aliphatic carboxylic acids is 1. The fourth-order valence-corrected chi connectivity index (χ4v) is 3.00. The van der Waals surface area contributed by atoms with Crippen molar-refractivity contribution in [3.05, 3.63) is 41.4 Å². The van der Waals surface area contributed by atoms with Crippen LogP contribution in [-0.4, -0.2) is 28.0 Å². The molecule has 0 aliphatic heterocycles. The molecule has 122 valence electrons. The van der Waals surface area contributed by atoms with E-state index in [0.717, 1.165) is 10.6 Å². The number of aromatic nitrogens is 1. The zero-order valence-electron chi connectivity index (χ0n) is 13.2. The van der Waals surface area contributed by atoms with E-state index in [0.29, 0.717) is 12.1 Å². The van der Waals surface area contributed by atoms with Gasteiger partial charge in [0, 0.05) is 10.9 Å². The largest absolute Gasteiger partial charge is 0.480 e. The highest BCUT2D eigenvalue weighted by Crippen LogP contribution is 2.23. The summed E-state index contributed by atoms with van der Waals surface area (Å²) < 4.78 is 0. The Labute approximate surface area is 139 Å². The number of rotatable bonds is 7. The maximum atomic E-state index is 12.1. The Balaban J connectivity index is 2.01. The lowest BCUT2D eigenvalue weighted by Crippen LogP contribution is -2.45. The monoisotopic (exact) mass is 332 g/mol. The summed E-state index contributed by atoms with van der Waals surface area (Å²) >= 11 is 1.47. The van der Waals surface area contributed by atoms with Gasteiger partial charge in [0.2, 0.25) is 5.91 Å². The van der Waals surface area contributed by atoms with E-state index in [4.69, 9.17) is 0 Å². The second-order valence-electron chi connectivity index (χ2n) is 5.46. The lowest BCUT2D eigenvalue weighted by atomic mass is 9.99. The van der Waals surface area contributed by atoms with E-state index in [1.165, 1.54) is 11.3 Å². The van der Waals surface area contributed by atoms with Gasteiger partial charge >= 0.3 is 5.97 Å². The zero-order valence-corrected chi connectivity index (χ0v) is 14.0. The molecule has 2 atom stereocenters. The number of hydrogen-bond acceptors (Lipinski definition) is 4. The Kier molecular flexibility index (Phi) is 5.87. The van der Waals surface area contributed by atoms with Gasteiger partial charge in [0.05, 0.1) is 12.1 Å². The van der Waals surface area contributed by atoms with Gasteiger partial charge in [0.1, 0.15) is 11.0 Å². The Morgan fingerprint density at radius 2 is 2.00 bits per heavy atom. The van der Waals surface area contributed by atoms with E-state index < -0.39 is 12.0 Å². The van der Waals surface area contributed by atoms with Crippen LogP contribution >= 0.6 is 11.3 Å². The topological polar surface area (TPSA) is 79.3 Å². The Hall–Kier alpha value is -2.21. The molecular weight excluding hydrogens is 312 g/mol. The maximum absolute atomic E-state index is 12.1. The minimum absolute atomic E-state index is 0.0869. The second-order valence-corrected chi connectivity index (χ2v) is 6.31. The fourth-order valence-electron chi connectivity index (χ4n) is 2.17. The molecule has 6 heteroatoms. The number of amides is 1. The minimum atomic E-state index is -1.00. The molecule has 0 saturated carbocycles. The Morgan fingerprint density at radius 1 is 1.30 bits per heavy atom. The molecule has 1 aromatic carbocycles. The van der Waals surface area contributed by atoms with Crippen LogP contribution in [0.5, 0.6) is 0 Å². The summed E-state index contributed by atoms with van der Waals surface area (Å²) in [6.45, 7) is 3.72. The molecule has 0 aliphatic carbocycles. The van der Waals surface area contributed by atoms with Crippen LogP contribution in [0.2, 0.25) is 0 Å². The molecule has 23 heavy (non-hydrogen) atoms. The number of nitrogens with one attached hydrogen (secondary N) is 1. The molecule has 1 amide bonds. The van der Waals surface area contributed by atoms with Gasteiger partial charge in [-0.1, -0.05) is 50.6 Å². The van der Waals surface area contributed by atoms with Gasteiger partial charge in [-0.3, -0.25) is 4.79 Å². The molecule has 0 bridgehead atoms. The van der Waals surface area contributed by atoms with Gasteiger partial charge in [-0.15, -0.1) is 11.3 Å². The van der Waals surface area contributed by atoms with Gasteiger partial charge in [-0.05, 0) is 5.92 Å². The summed E-state index contributed by atoms with van der Waals surface area (Å²) in [5.41, 5.74) is 1.66. The minimum Gasteiger partial charge on any atom is -0.480 e. The summed E-state index contributed by atoms with van der Waals surface area (Å²) in [7, 11) is 0. The molecule has 0 fully saturated rings. The highest BCUT2D eigenvalue weighted by molar-refractivity contribution is 7.13. The Bertz CT molecular complexity index is 669. The van der Waals surface area contributed by atoms with Gasteiger partial charge in [-0.25, -0.2) is 9.78 Å². The molecule has 0 saturated heterocycles. The molecule has 0 spiro atoms. The molecule has 0 unspecified atom stereocenters. The standard InChI is InChI=1S/C17H20N2O3S/c1-3-11(2)15(17(21)22)19-14(20)9-13-10-23-16(18-13)12-7-5-4-6-8-12/h4-8,10-11,15H,3,9H2,1-2H3,(H,19,20)(H,21,22)/t11-,15+/m1/s1. The number of carboxylic acids is 1. The molecule has 1 aromatic heterocycles. The number of nitrogens with zero attached hydrogens (tertiary/aromatic N) is 1. The van der Waals surface area contributed by atoms with Crippen LogP contribution in [-0.2, 0) is 16.0 Å². The van der Waals surface area contributed by atoms with E-state index >= 15 is 0 Å². The van der Waals surface area contributed by atoms with Crippen LogP contribution in [0.3, 0.4) is 0 Å². The average molecular weight is 332 g/mol. The quantitative estimate of drug-likeness (QED) is 0.817. The third-order valence-corrected chi connectivity index (χ3v) is 4.65. The van der Waals surface area contributed by atoms with E-state index in [1.54, 1.807) is 0 Å². The van der Waals surface area contributed by atoms with E-state index in [9.17, 15) is 14.7 Å². The molecule has 1 heterocycles. The number of hydrogen-bond donors (Lipinski definition) is 2. The molecular formula is C17H20N2O3S. The average Bonchev–Trinajstić information content (AvgIpc) is 3.01. The van der Waals surface area contributed by atoms with Gasteiger partial charge < -0.3 is 10.4 Å². The molecule has 2 rings (SSSR count). The SMILES string of the molecule is CC[C@@H](C)[C@H](NC(=O)Cc1csc(-c2ccccc2)n1)C(=O)O. The van der Waals surface area contributed by atoms with Crippen molar-refractivity contribution < 1.29 is 14.7 Å². The van der Waals surface area contributed by atoms with Crippen molar-refractivity contribution in [3.8, 4) is 10.6 Å². The van der Waals surface area contributed by atoms with Gasteiger partial charge in [-0.2, -0.15) is 0 Å². The first-order valence-corrected chi connectivity index (χ1v) is 8.41. The number of carbonyl (C=O) groups is 2. The predicted octanol–water partition coefficient (Wildman–Crippen LogP) is 2.97. The molecule has 0 aliphatic rings. The smallest absolute Gasteiger partial charge is 0.326 e. The summed E-state index contributed by atoms with van der Waals surface area (Å²) in [6.07, 6.45) is 0.773. The van der Waals surface area contributed by atoms with Crippen LogP contribution in [0.15, 0.2) is 35.7 Å². The summed E-state index contributed by atoms with van der Waals surface area (Å²) in [4.78, 5) is 27.8. The summed E-state index contributed by atoms with van der Waals surface area (Å²) in [6, 6.07) is 8.88. The van der Waals surface area contributed by atoms with E-state index in [-0.39, 0.29) is 18.2 Å². The molecule has 0 radical (unpaired) electrons. The predicted molar refractivity (Wildman–Crippen MR) is 90.3 cm³/mol. The summed E-state index contributed by atoms with van der Waals surface area (Å²) in [5.74, 6) is -1.44. The molecule has 5 nitrogen and oxygen atoms in total. The van der Waals surface area contributed by atoms with Crippen LogP contribution in [0.4, 0.5) is 0 Å². The van der Waals surface area contributed by atoms with Crippen LogP contribution in [0.1, 0.15) is 26.0 Å². The number of carbonyl (C=O) groups excluding carboxylic acids is 1. The van der Waals surface area contributed by atoms with Crippen molar-refractivity contribution in [1.82, 2.24) is 10.3 Å². The van der Waals surface area contributed by atoms with Crippen molar-refractivity contribution in [1.29, 1.82) is 0 Å². The maximum Gasteiger partial charge on any atom is 0.326 e. The molecule has 2 aromatic rings. The van der Waals surface area contributed by atoms with Crippen molar-refractivity contribution >= 4 is 23.2 Å². The van der Waals surface area contributed by atoms with Gasteiger partial charge in [0.15, 0.2) is 0 Å². The first-order chi connectivity index (χ1) is 11.0. The van der Waals surface area contributed by atoms with E-state index in [2.05, 4.69) is 10.3 Å². The van der Waals surface area contributed by atoms with Crippen LogP contribution < -0.4 is 5.32 Å². The van der Waals surface area contributed by atoms with Crippen molar-refractivity contribution in [3.63, 3.8) is 0 Å². The van der Waals surface area contributed by atoms with Crippen molar-refractivity contribution in [2.75, 3.05) is 0 Å². The van der Waals surface area contributed by atoms with Crippen molar-refractivity contribution in [2.45, 2.75) is 32.7 Å². The zero-order chi connectivity index (χ0) is 16.8. The number of benzene rings is 1. The lowest BCUT2D eigenvalue weighted by Gasteiger charge is -2.19. The molecule has 2 N–H and O–H groups in total. The first kappa shape index (κ1) is 17.1. The van der Waals surface area contributed by atoms with Crippen molar-refractivity contribution in [2.24, 2.45) is 5.92 Å². The van der Waals surface area contributed by atoms with Crippen LogP contribution in [0, 0.1) is 5.92 Å². The highest BCUT2D eigenvalue weighted by Gasteiger charge is 2.25. The number of thiazole rings is 1. The van der Waals surface area contributed by atoms with E-state index in [1.807, 2.05) is 49.6 Å². The second kappa shape index (κ2) is 7.87. The lowest BCUT2D eigenvalue weighted by molar-refractivity contribution is -0.143. The third-order valence-electron chi connectivity index (χ3n) is 3.71.